The van der Waals surface area contributed by atoms with Crippen LogP contribution in [0.1, 0.15) is 36.8 Å². The molecule has 2 unspecified atom stereocenters. The van der Waals surface area contributed by atoms with E-state index >= 15 is 0 Å². The second-order valence-corrected chi connectivity index (χ2v) is 8.03. The fourth-order valence-corrected chi connectivity index (χ4v) is 4.63. The normalized spacial score (nSPS) is 21.9. The van der Waals surface area contributed by atoms with Crippen molar-refractivity contribution in [3.8, 4) is 0 Å². The van der Waals surface area contributed by atoms with Gasteiger partial charge in [-0.2, -0.15) is 0 Å². The van der Waals surface area contributed by atoms with Crippen LogP contribution in [0.3, 0.4) is 0 Å². The molecule has 23 heavy (non-hydrogen) atoms. The first-order valence-electron chi connectivity index (χ1n) is 8.00. The number of sulfonamides is 1. The third-order valence-corrected chi connectivity index (χ3v) is 6.15. The van der Waals surface area contributed by atoms with E-state index in [1.807, 2.05) is 13.0 Å². The van der Waals surface area contributed by atoms with E-state index < -0.39 is 10.0 Å². The van der Waals surface area contributed by atoms with Gasteiger partial charge < -0.3 is 4.74 Å². The highest BCUT2D eigenvalue weighted by molar-refractivity contribution is 7.89. The molecule has 1 N–H and O–H groups in total. The Bertz CT molecular complexity index is 669. The van der Waals surface area contributed by atoms with Gasteiger partial charge in [0, 0.05) is 6.54 Å². The maximum atomic E-state index is 12.5. The van der Waals surface area contributed by atoms with Crippen LogP contribution in [0.25, 0.3) is 0 Å². The molecule has 0 heterocycles. The zero-order valence-electron chi connectivity index (χ0n) is 14.0. The van der Waals surface area contributed by atoms with Crippen LogP contribution in [0, 0.1) is 25.7 Å². The Morgan fingerprint density at radius 2 is 1.96 bits per heavy atom. The molecule has 0 saturated heterocycles. The third kappa shape index (κ3) is 4.32. The second-order valence-electron chi connectivity index (χ2n) is 6.30. The smallest absolute Gasteiger partial charge is 0.308 e. The molecule has 0 spiro atoms. The number of carbonyl (C=O) groups excluding carboxylic acids is 1. The lowest BCUT2D eigenvalue weighted by Crippen LogP contribution is -2.37. The van der Waals surface area contributed by atoms with Crippen molar-refractivity contribution >= 4 is 16.0 Å². The predicted molar refractivity (Wildman–Crippen MR) is 88.6 cm³/mol. The molecule has 1 aromatic carbocycles. The maximum Gasteiger partial charge on any atom is 0.308 e. The molecule has 2 rings (SSSR count). The van der Waals surface area contributed by atoms with Crippen molar-refractivity contribution in [1.29, 1.82) is 0 Å². The number of methoxy groups -OCH3 is 1. The SMILES string of the molecule is COC(=O)C1CCCCC1CNS(=O)(=O)c1ccc(C)cc1C. The van der Waals surface area contributed by atoms with E-state index in [1.54, 1.807) is 19.1 Å². The molecule has 1 fully saturated rings. The number of carbonyl (C=O) groups is 1. The van der Waals surface area contributed by atoms with Gasteiger partial charge in [0.2, 0.25) is 10.0 Å². The van der Waals surface area contributed by atoms with Crippen molar-refractivity contribution in [3.05, 3.63) is 29.3 Å². The second kappa shape index (κ2) is 7.45. The quantitative estimate of drug-likeness (QED) is 0.837. The van der Waals surface area contributed by atoms with Crippen LogP contribution in [-0.2, 0) is 19.6 Å². The molecule has 1 aliphatic rings. The van der Waals surface area contributed by atoms with Crippen LogP contribution < -0.4 is 4.72 Å². The Labute approximate surface area is 138 Å². The van der Waals surface area contributed by atoms with Gasteiger partial charge in [0.1, 0.15) is 0 Å². The summed E-state index contributed by atoms with van der Waals surface area (Å²) < 4.78 is 32.6. The molecular weight excluding hydrogens is 314 g/mol. The molecule has 2 atom stereocenters. The molecule has 0 aliphatic heterocycles. The van der Waals surface area contributed by atoms with Crippen molar-refractivity contribution in [2.75, 3.05) is 13.7 Å². The molecular formula is C17H25NO4S. The van der Waals surface area contributed by atoms with Crippen LogP contribution in [0.4, 0.5) is 0 Å². The van der Waals surface area contributed by atoms with E-state index in [2.05, 4.69) is 4.72 Å². The lowest BCUT2D eigenvalue weighted by atomic mass is 9.79. The summed E-state index contributed by atoms with van der Waals surface area (Å²) in [6, 6.07) is 5.28. The summed E-state index contributed by atoms with van der Waals surface area (Å²) in [4.78, 5) is 12.2. The van der Waals surface area contributed by atoms with Crippen LogP contribution >= 0.6 is 0 Å². The third-order valence-electron chi connectivity index (χ3n) is 4.57. The predicted octanol–water partition coefficient (Wildman–Crippen LogP) is 2.56. The molecule has 1 aliphatic carbocycles. The van der Waals surface area contributed by atoms with Gasteiger partial charge in [-0.3, -0.25) is 4.79 Å². The van der Waals surface area contributed by atoms with Gasteiger partial charge in [0.25, 0.3) is 0 Å². The molecule has 0 radical (unpaired) electrons. The monoisotopic (exact) mass is 339 g/mol. The lowest BCUT2D eigenvalue weighted by Gasteiger charge is -2.29. The minimum Gasteiger partial charge on any atom is -0.469 e. The number of benzene rings is 1. The topological polar surface area (TPSA) is 72.5 Å². The summed E-state index contributed by atoms with van der Waals surface area (Å²) in [7, 11) is -2.18. The van der Waals surface area contributed by atoms with E-state index in [1.165, 1.54) is 7.11 Å². The summed E-state index contributed by atoms with van der Waals surface area (Å²) in [5.41, 5.74) is 1.75. The standard InChI is InChI=1S/C17H25NO4S/c1-12-8-9-16(13(2)10-12)23(20,21)18-11-14-6-4-5-7-15(14)17(19)22-3/h8-10,14-15,18H,4-7,11H2,1-3H3. The van der Waals surface area contributed by atoms with Gasteiger partial charge in [0.15, 0.2) is 0 Å². The molecule has 0 amide bonds. The number of nitrogens with one attached hydrogen (secondary N) is 1. The average molecular weight is 339 g/mol. The Kier molecular flexibility index (Phi) is 5.81. The lowest BCUT2D eigenvalue weighted by molar-refractivity contribution is -0.148. The minimum absolute atomic E-state index is 0.00303. The highest BCUT2D eigenvalue weighted by Gasteiger charge is 2.32. The zero-order valence-corrected chi connectivity index (χ0v) is 14.8. The zero-order chi connectivity index (χ0) is 17.0. The first-order chi connectivity index (χ1) is 10.8. The van der Waals surface area contributed by atoms with Crippen LogP contribution in [0.2, 0.25) is 0 Å². The largest absolute Gasteiger partial charge is 0.469 e. The summed E-state index contributed by atoms with van der Waals surface area (Å²) in [5.74, 6) is -0.451. The average Bonchev–Trinajstić information content (AvgIpc) is 2.52. The number of esters is 1. The van der Waals surface area contributed by atoms with Gasteiger partial charge in [-0.05, 0) is 44.2 Å². The van der Waals surface area contributed by atoms with Crippen LogP contribution in [-0.4, -0.2) is 28.0 Å². The van der Waals surface area contributed by atoms with E-state index in [0.717, 1.165) is 36.8 Å². The molecule has 1 saturated carbocycles. The highest BCUT2D eigenvalue weighted by Crippen LogP contribution is 2.31. The van der Waals surface area contributed by atoms with Crippen molar-refractivity contribution in [3.63, 3.8) is 0 Å². The Hall–Kier alpha value is -1.40. The summed E-state index contributed by atoms with van der Waals surface area (Å²) in [5, 5.41) is 0. The van der Waals surface area contributed by atoms with Gasteiger partial charge in [-0.15, -0.1) is 0 Å². The number of hydrogen-bond donors (Lipinski definition) is 1. The summed E-state index contributed by atoms with van der Waals surface area (Å²) >= 11 is 0. The first-order valence-corrected chi connectivity index (χ1v) is 9.48. The Balaban J connectivity index is 2.10. The minimum atomic E-state index is -3.57. The van der Waals surface area contributed by atoms with Crippen molar-refractivity contribution in [2.45, 2.75) is 44.4 Å². The molecule has 5 nitrogen and oxygen atoms in total. The summed E-state index contributed by atoms with van der Waals surface area (Å²) in [6.07, 6.45) is 3.61. The van der Waals surface area contributed by atoms with E-state index in [-0.39, 0.29) is 24.3 Å². The Morgan fingerprint density at radius 1 is 1.26 bits per heavy atom. The van der Waals surface area contributed by atoms with Gasteiger partial charge >= 0.3 is 5.97 Å². The van der Waals surface area contributed by atoms with Crippen molar-refractivity contribution < 1.29 is 17.9 Å². The molecule has 6 heteroatoms. The first kappa shape index (κ1) is 17.9. The van der Waals surface area contributed by atoms with Gasteiger partial charge in [-0.25, -0.2) is 13.1 Å². The van der Waals surface area contributed by atoms with Crippen molar-refractivity contribution in [1.82, 2.24) is 4.72 Å². The fourth-order valence-electron chi connectivity index (χ4n) is 3.31. The van der Waals surface area contributed by atoms with Crippen LogP contribution in [0.15, 0.2) is 23.1 Å². The summed E-state index contributed by atoms with van der Waals surface area (Å²) in [6.45, 7) is 3.99. The number of rotatable bonds is 5. The van der Waals surface area contributed by atoms with E-state index in [4.69, 9.17) is 4.74 Å². The number of aryl methyl sites for hydroxylation is 2. The number of ether oxygens (including phenoxy) is 1. The molecule has 0 aromatic heterocycles. The van der Waals surface area contributed by atoms with E-state index in [0.29, 0.717) is 4.90 Å². The maximum absolute atomic E-state index is 12.5. The van der Waals surface area contributed by atoms with Crippen molar-refractivity contribution in [2.24, 2.45) is 11.8 Å². The molecule has 1 aromatic rings. The number of hydrogen-bond acceptors (Lipinski definition) is 4. The fraction of sp³-hybridized carbons (Fsp3) is 0.588. The van der Waals surface area contributed by atoms with Crippen LogP contribution in [0.5, 0.6) is 0 Å². The van der Waals surface area contributed by atoms with Gasteiger partial charge in [-0.1, -0.05) is 30.5 Å². The highest BCUT2D eigenvalue weighted by atomic mass is 32.2. The molecule has 0 bridgehead atoms. The van der Waals surface area contributed by atoms with E-state index in [9.17, 15) is 13.2 Å². The Morgan fingerprint density at radius 3 is 2.61 bits per heavy atom. The van der Waals surface area contributed by atoms with Gasteiger partial charge in [0.05, 0.1) is 17.9 Å². The molecule has 128 valence electrons.